The molecule has 3 rings (SSSR count). The van der Waals surface area contributed by atoms with Crippen molar-refractivity contribution in [2.24, 2.45) is 5.92 Å². The van der Waals surface area contributed by atoms with Crippen molar-refractivity contribution in [3.8, 4) is 0 Å². The predicted octanol–water partition coefficient (Wildman–Crippen LogP) is 3.61. The Hall–Kier alpha value is -2.43. The van der Waals surface area contributed by atoms with E-state index in [1.54, 1.807) is 24.4 Å². The number of halogens is 1. The van der Waals surface area contributed by atoms with Gasteiger partial charge < -0.3 is 10.6 Å². The highest BCUT2D eigenvalue weighted by Gasteiger charge is 2.25. The van der Waals surface area contributed by atoms with Crippen molar-refractivity contribution < 1.29 is 9.18 Å². The molecule has 5 heteroatoms. The van der Waals surface area contributed by atoms with E-state index in [9.17, 15) is 9.18 Å². The molecule has 1 fully saturated rings. The van der Waals surface area contributed by atoms with Crippen LogP contribution < -0.4 is 10.6 Å². The van der Waals surface area contributed by atoms with Gasteiger partial charge in [0.25, 0.3) is 0 Å². The minimum Gasteiger partial charge on any atom is -0.383 e. The summed E-state index contributed by atoms with van der Waals surface area (Å²) in [7, 11) is 0. The first-order valence-electron chi connectivity index (χ1n) is 7.96. The van der Waals surface area contributed by atoms with Gasteiger partial charge in [0.1, 0.15) is 11.6 Å². The molecular weight excluding hydrogens is 293 g/mol. The van der Waals surface area contributed by atoms with Gasteiger partial charge >= 0.3 is 0 Å². The first-order chi connectivity index (χ1) is 11.2. The number of carbonyl (C=O) groups excluding carboxylic acids is 1. The summed E-state index contributed by atoms with van der Waals surface area (Å²) in [5.41, 5.74) is 1.98. The Labute approximate surface area is 135 Å². The summed E-state index contributed by atoms with van der Waals surface area (Å²) in [4.78, 5) is 16.1. The molecule has 0 unspecified atom stereocenters. The lowest BCUT2D eigenvalue weighted by Crippen LogP contribution is -2.28. The van der Waals surface area contributed by atoms with Crippen molar-refractivity contribution in [3.05, 3.63) is 54.0 Å². The van der Waals surface area contributed by atoms with E-state index in [2.05, 4.69) is 15.6 Å². The van der Waals surface area contributed by atoms with Crippen LogP contribution in [-0.2, 0) is 11.2 Å². The minimum atomic E-state index is -0.217. The second-order valence-corrected chi connectivity index (χ2v) is 5.85. The molecule has 2 aromatic rings. The molecule has 0 bridgehead atoms. The number of nitrogens with one attached hydrogen (secondary N) is 2. The van der Waals surface area contributed by atoms with Crippen molar-refractivity contribution in [3.63, 3.8) is 0 Å². The van der Waals surface area contributed by atoms with Gasteiger partial charge in [-0.25, -0.2) is 9.37 Å². The van der Waals surface area contributed by atoms with Gasteiger partial charge in [-0.05, 0) is 49.1 Å². The molecule has 0 saturated heterocycles. The SMILES string of the molecule is O=C(Nc1ccc(NCCc2ccc(F)cc2)cn1)C1CCC1. The van der Waals surface area contributed by atoms with Gasteiger partial charge in [-0.3, -0.25) is 4.79 Å². The second-order valence-electron chi connectivity index (χ2n) is 5.85. The Bertz CT molecular complexity index is 651. The highest BCUT2D eigenvalue weighted by molar-refractivity contribution is 5.92. The van der Waals surface area contributed by atoms with Crippen molar-refractivity contribution >= 4 is 17.4 Å². The fourth-order valence-corrected chi connectivity index (χ4v) is 2.47. The van der Waals surface area contributed by atoms with Gasteiger partial charge in [0, 0.05) is 12.5 Å². The third-order valence-electron chi connectivity index (χ3n) is 4.15. The minimum absolute atomic E-state index is 0.0702. The number of anilines is 2. The van der Waals surface area contributed by atoms with Crippen LogP contribution in [0.5, 0.6) is 0 Å². The summed E-state index contributed by atoms with van der Waals surface area (Å²) in [6.45, 7) is 0.737. The number of hydrogen-bond acceptors (Lipinski definition) is 3. The fraction of sp³-hybridized carbons (Fsp3) is 0.333. The van der Waals surface area contributed by atoms with E-state index >= 15 is 0 Å². The normalized spacial score (nSPS) is 14.1. The number of aromatic nitrogens is 1. The Morgan fingerprint density at radius 3 is 2.57 bits per heavy atom. The van der Waals surface area contributed by atoms with E-state index in [1.165, 1.54) is 12.1 Å². The smallest absolute Gasteiger partial charge is 0.228 e. The lowest BCUT2D eigenvalue weighted by Gasteiger charge is -2.23. The Kier molecular flexibility index (Phi) is 4.86. The van der Waals surface area contributed by atoms with E-state index in [-0.39, 0.29) is 17.6 Å². The van der Waals surface area contributed by atoms with Crippen LogP contribution in [0, 0.1) is 11.7 Å². The molecule has 2 N–H and O–H groups in total. The number of rotatable bonds is 6. The van der Waals surface area contributed by atoms with Gasteiger partial charge in [0.2, 0.25) is 5.91 Å². The number of benzene rings is 1. The Morgan fingerprint density at radius 1 is 1.17 bits per heavy atom. The van der Waals surface area contributed by atoms with E-state index < -0.39 is 0 Å². The fourth-order valence-electron chi connectivity index (χ4n) is 2.47. The van der Waals surface area contributed by atoms with E-state index in [0.29, 0.717) is 5.82 Å². The molecule has 1 aromatic carbocycles. The maximum Gasteiger partial charge on any atom is 0.228 e. The van der Waals surface area contributed by atoms with Crippen LogP contribution in [0.25, 0.3) is 0 Å². The zero-order chi connectivity index (χ0) is 16.1. The summed E-state index contributed by atoms with van der Waals surface area (Å²) < 4.78 is 12.8. The number of pyridine rings is 1. The third-order valence-corrected chi connectivity index (χ3v) is 4.15. The summed E-state index contributed by atoms with van der Waals surface area (Å²) >= 11 is 0. The molecule has 1 aliphatic carbocycles. The average Bonchev–Trinajstić information content (AvgIpc) is 2.49. The van der Waals surface area contributed by atoms with Crippen molar-refractivity contribution in [2.75, 3.05) is 17.2 Å². The van der Waals surface area contributed by atoms with Crippen LogP contribution in [0.15, 0.2) is 42.6 Å². The van der Waals surface area contributed by atoms with Crippen molar-refractivity contribution in [1.29, 1.82) is 0 Å². The van der Waals surface area contributed by atoms with Gasteiger partial charge in [-0.15, -0.1) is 0 Å². The zero-order valence-electron chi connectivity index (χ0n) is 12.9. The van der Waals surface area contributed by atoms with Crippen LogP contribution in [0.1, 0.15) is 24.8 Å². The molecule has 1 saturated carbocycles. The van der Waals surface area contributed by atoms with Gasteiger partial charge in [-0.1, -0.05) is 18.6 Å². The molecule has 0 radical (unpaired) electrons. The zero-order valence-corrected chi connectivity index (χ0v) is 12.9. The number of hydrogen-bond donors (Lipinski definition) is 2. The molecule has 0 aliphatic heterocycles. The van der Waals surface area contributed by atoms with Crippen LogP contribution >= 0.6 is 0 Å². The largest absolute Gasteiger partial charge is 0.383 e. The Morgan fingerprint density at radius 2 is 1.96 bits per heavy atom. The van der Waals surface area contributed by atoms with Crippen LogP contribution in [0.2, 0.25) is 0 Å². The molecular formula is C18H20FN3O. The van der Waals surface area contributed by atoms with Crippen molar-refractivity contribution in [2.45, 2.75) is 25.7 Å². The quantitative estimate of drug-likeness (QED) is 0.856. The maximum atomic E-state index is 12.8. The van der Waals surface area contributed by atoms with Crippen molar-refractivity contribution in [1.82, 2.24) is 4.98 Å². The van der Waals surface area contributed by atoms with Crippen LogP contribution in [-0.4, -0.2) is 17.4 Å². The standard InChI is InChI=1S/C18H20FN3O/c19-15-6-4-13(5-7-15)10-11-20-16-8-9-17(21-12-16)22-18(23)14-2-1-3-14/h4-9,12,14,20H,1-3,10-11H2,(H,21,22,23). The Balaban J connectivity index is 1.45. The topological polar surface area (TPSA) is 54.0 Å². The summed E-state index contributed by atoms with van der Waals surface area (Å²) in [6.07, 6.45) is 5.62. The van der Waals surface area contributed by atoms with E-state index in [1.807, 2.05) is 6.07 Å². The number of carbonyl (C=O) groups is 1. The molecule has 1 aromatic heterocycles. The average molecular weight is 313 g/mol. The molecule has 0 spiro atoms. The molecule has 1 aliphatic rings. The highest BCUT2D eigenvalue weighted by atomic mass is 19.1. The molecule has 23 heavy (non-hydrogen) atoms. The molecule has 1 amide bonds. The molecule has 120 valence electrons. The van der Waals surface area contributed by atoms with Crippen LogP contribution in [0.3, 0.4) is 0 Å². The van der Waals surface area contributed by atoms with Gasteiger partial charge in [-0.2, -0.15) is 0 Å². The maximum absolute atomic E-state index is 12.8. The molecule has 4 nitrogen and oxygen atoms in total. The van der Waals surface area contributed by atoms with E-state index in [0.717, 1.165) is 43.5 Å². The van der Waals surface area contributed by atoms with Gasteiger partial charge in [0.05, 0.1) is 11.9 Å². The monoisotopic (exact) mass is 313 g/mol. The number of nitrogens with zero attached hydrogens (tertiary/aromatic N) is 1. The predicted molar refractivity (Wildman–Crippen MR) is 88.8 cm³/mol. The van der Waals surface area contributed by atoms with E-state index in [4.69, 9.17) is 0 Å². The van der Waals surface area contributed by atoms with Gasteiger partial charge in [0.15, 0.2) is 0 Å². The number of amides is 1. The first kappa shape index (κ1) is 15.5. The summed E-state index contributed by atoms with van der Waals surface area (Å²) in [5, 5.41) is 6.11. The first-order valence-corrected chi connectivity index (χ1v) is 7.96. The summed E-state index contributed by atoms with van der Waals surface area (Å²) in [5.74, 6) is 0.600. The molecule has 1 heterocycles. The lowest BCUT2D eigenvalue weighted by molar-refractivity contribution is -0.122. The molecule has 0 atom stereocenters. The second kappa shape index (κ2) is 7.22. The third kappa shape index (κ3) is 4.28. The highest BCUT2D eigenvalue weighted by Crippen LogP contribution is 2.27. The summed E-state index contributed by atoms with van der Waals surface area (Å²) in [6, 6.07) is 10.2. The lowest BCUT2D eigenvalue weighted by atomic mass is 9.85. The van der Waals surface area contributed by atoms with Crippen LogP contribution in [0.4, 0.5) is 15.9 Å².